The minimum atomic E-state index is -0.285. The molecule has 138 valence electrons. The average molecular weight is 383 g/mol. The number of methoxy groups -OCH3 is 1. The molecule has 0 saturated heterocycles. The van der Waals surface area contributed by atoms with Gasteiger partial charge in [0.05, 0.1) is 7.11 Å². The van der Waals surface area contributed by atoms with Gasteiger partial charge in [-0.15, -0.1) is 10.2 Å². The molecule has 0 atom stereocenters. The lowest BCUT2D eigenvalue weighted by molar-refractivity contribution is 0.102. The molecular weight excluding hydrogens is 364 g/mol. The third-order valence-electron chi connectivity index (χ3n) is 3.87. The van der Waals surface area contributed by atoms with E-state index in [1.165, 1.54) is 5.56 Å². The number of halogens is 1. The van der Waals surface area contributed by atoms with Crippen LogP contribution in [0.4, 0.5) is 11.6 Å². The first-order valence-electron chi connectivity index (χ1n) is 8.41. The van der Waals surface area contributed by atoms with Gasteiger partial charge in [-0.1, -0.05) is 29.8 Å². The molecule has 0 aliphatic carbocycles. The Morgan fingerprint density at radius 3 is 2.44 bits per heavy atom. The topological polar surface area (TPSA) is 76.1 Å². The van der Waals surface area contributed by atoms with Crippen LogP contribution in [0.5, 0.6) is 5.75 Å². The fraction of sp³-hybridized carbons (Fsp3) is 0.150. The minimum Gasteiger partial charge on any atom is -0.497 e. The number of anilines is 2. The number of hydrogen-bond acceptors (Lipinski definition) is 5. The van der Waals surface area contributed by atoms with Crippen LogP contribution < -0.4 is 15.4 Å². The van der Waals surface area contributed by atoms with Crippen molar-refractivity contribution in [2.24, 2.45) is 0 Å². The summed E-state index contributed by atoms with van der Waals surface area (Å²) in [7, 11) is 1.65. The van der Waals surface area contributed by atoms with Gasteiger partial charge in [-0.2, -0.15) is 0 Å². The third kappa shape index (κ3) is 5.43. The summed E-state index contributed by atoms with van der Waals surface area (Å²) in [6, 6.07) is 18.1. The summed E-state index contributed by atoms with van der Waals surface area (Å²) in [4.78, 5) is 12.2. The molecule has 0 saturated carbocycles. The fourth-order valence-electron chi connectivity index (χ4n) is 2.44. The number of amides is 1. The summed E-state index contributed by atoms with van der Waals surface area (Å²) in [6.45, 7) is 0.717. The first-order valence-corrected chi connectivity index (χ1v) is 8.79. The number of benzene rings is 2. The highest BCUT2D eigenvalue weighted by Crippen LogP contribution is 2.14. The zero-order chi connectivity index (χ0) is 19.1. The van der Waals surface area contributed by atoms with E-state index < -0.39 is 0 Å². The van der Waals surface area contributed by atoms with Gasteiger partial charge in [0, 0.05) is 17.1 Å². The van der Waals surface area contributed by atoms with Crippen molar-refractivity contribution in [3.63, 3.8) is 0 Å². The van der Waals surface area contributed by atoms with Crippen molar-refractivity contribution in [2.75, 3.05) is 24.3 Å². The molecule has 0 unspecified atom stereocenters. The number of aromatic nitrogens is 2. The maximum atomic E-state index is 12.2. The summed E-state index contributed by atoms with van der Waals surface area (Å²) in [5, 5.41) is 14.5. The van der Waals surface area contributed by atoms with Gasteiger partial charge >= 0.3 is 0 Å². The van der Waals surface area contributed by atoms with Crippen LogP contribution in [0, 0.1) is 0 Å². The molecule has 1 aromatic heterocycles. The van der Waals surface area contributed by atoms with Crippen LogP contribution in [-0.4, -0.2) is 29.8 Å². The van der Waals surface area contributed by atoms with Crippen LogP contribution in [0.3, 0.4) is 0 Å². The lowest BCUT2D eigenvalue weighted by atomic mass is 10.1. The summed E-state index contributed by atoms with van der Waals surface area (Å²) in [5.74, 6) is 1.57. The van der Waals surface area contributed by atoms with Crippen molar-refractivity contribution >= 4 is 29.1 Å². The van der Waals surface area contributed by atoms with Crippen molar-refractivity contribution in [2.45, 2.75) is 6.42 Å². The van der Waals surface area contributed by atoms with Crippen LogP contribution >= 0.6 is 11.6 Å². The summed E-state index contributed by atoms with van der Waals surface area (Å²) < 4.78 is 5.15. The maximum Gasteiger partial charge on any atom is 0.256 e. The number of nitrogens with one attached hydrogen (secondary N) is 2. The van der Waals surface area contributed by atoms with Gasteiger partial charge in [0.2, 0.25) is 0 Å². The van der Waals surface area contributed by atoms with Crippen LogP contribution in [0.25, 0.3) is 0 Å². The van der Waals surface area contributed by atoms with Gasteiger partial charge in [0.25, 0.3) is 5.91 Å². The Labute approximate surface area is 162 Å². The van der Waals surface area contributed by atoms with Gasteiger partial charge < -0.3 is 15.4 Å². The zero-order valence-electron chi connectivity index (χ0n) is 14.8. The smallest absolute Gasteiger partial charge is 0.256 e. The van der Waals surface area contributed by atoms with Crippen LogP contribution in [0.1, 0.15) is 15.9 Å². The maximum absolute atomic E-state index is 12.2. The summed E-state index contributed by atoms with van der Waals surface area (Å²) in [6.07, 6.45) is 0.846. The molecule has 0 radical (unpaired) electrons. The van der Waals surface area contributed by atoms with Crippen LogP contribution in [-0.2, 0) is 6.42 Å². The standard InChI is InChI=1S/C20H19ClN4O2/c1-27-17-7-5-14(6-8-17)11-12-22-18-9-10-19(25-24-18)23-20(26)15-3-2-4-16(21)13-15/h2-10,13H,11-12H2,1H3,(H,22,24)(H,23,25,26). The Morgan fingerprint density at radius 2 is 1.78 bits per heavy atom. The molecule has 0 spiro atoms. The van der Waals surface area contributed by atoms with Gasteiger partial charge in [-0.25, -0.2) is 0 Å². The second-order valence-electron chi connectivity index (χ2n) is 5.79. The van der Waals surface area contributed by atoms with E-state index in [4.69, 9.17) is 16.3 Å². The second kappa shape index (κ2) is 9.00. The van der Waals surface area contributed by atoms with E-state index in [1.807, 2.05) is 24.3 Å². The highest BCUT2D eigenvalue weighted by atomic mass is 35.5. The molecule has 2 aromatic carbocycles. The van der Waals surface area contributed by atoms with Crippen molar-refractivity contribution in [1.82, 2.24) is 10.2 Å². The quantitative estimate of drug-likeness (QED) is 0.644. The molecule has 1 heterocycles. The number of carbonyl (C=O) groups is 1. The lowest BCUT2D eigenvalue weighted by Gasteiger charge is -2.07. The molecular formula is C20H19ClN4O2. The van der Waals surface area contributed by atoms with Crippen molar-refractivity contribution in [3.8, 4) is 5.75 Å². The predicted octanol–water partition coefficient (Wildman–Crippen LogP) is 4.05. The number of carbonyl (C=O) groups excluding carboxylic acids is 1. The van der Waals surface area contributed by atoms with Crippen LogP contribution in [0.2, 0.25) is 5.02 Å². The molecule has 0 fully saturated rings. The van der Waals surface area contributed by atoms with Gasteiger partial charge in [0.15, 0.2) is 5.82 Å². The van der Waals surface area contributed by atoms with Gasteiger partial charge in [-0.05, 0) is 54.4 Å². The SMILES string of the molecule is COc1ccc(CCNc2ccc(NC(=O)c3cccc(Cl)c3)nn2)cc1. The molecule has 3 aromatic rings. The molecule has 1 amide bonds. The number of rotatable bonds is 7. The van der Waals surface area contributed by atoms with E-state index in [0.29, 0.717) is 22.2 Å². The monoisotopic (exact) mass is 382 g/mol. The van der Waals surface area contributed by atoms with E-state index >= 15 is 0 Å². The number of ether oxygens (including phenoxy) is 1. The molecule has 7 heteroatoms. The largest absolute Gasteiger partial charge is 0.497 e. The Hall–Kier alpha value is -3.12. The van der Waals surface area contributed by atoms with E-state index in [2.05, 4.69) is 20.8 Å². The highest BCUT2D eigenvalue weighted by molar-refractivity contribution is 6.31. The molecule has 0 aliphatic rings. The van der Waals surface area contributed by atoms with E-state index in [0.717, 1.165) is 18.7 Å². The van der Waals surface area contributed by atoms with Gasteiger partial charge in [0.1, 0.15) is 11.6 Å². The number of nitrogens with zero attached hydrogens (tertiary/aromatic N) is 2. The van der Waals surface area contributed by atoms with Crippen molar-refractivity contribution in [1.29, 1.82) is 0 Å². The van der Waals surface area contributed by atoms with E-state index in [-0.39, 0.29) is 5.91 Å². The molecule has 0 bridgehead atoms. The fourth-order valence-corrected chi connectivity index (χ4v) is 2.63. The first kappa shape index (κ1) is 18.7. The van der Waals surface area contributed by atoms with Crippen molar-refractivity contribution < 1.29 is 9.53 Å². The highest BCUT2D eigenvalue weighted by Gasteiger charge is 2.07. The normalized spacial score (nSPS) is 10.3. The first-order chi connectivity index (χ1) is 13.1. The molecule has 6 nitrogen and oxygen atoms in total. The molecule has 3 rings (SSSR count). The molecule has 27 heavy (non-hydrogen) atoms. The lowest BCUT2D eigenvalue weighted by Crippen LogP contribution is -2.14. The average Bonchev–Trinajstić information content (AvgIpc) is 2.70. The predicted molar refractivity (Wildman–Crippen MR) is 107 cm³/mol. The van der Waals surface area contributed by atoms with E-state index in [1.54, 1.807) is 43.5 Å². The van der Waals surface area contributed by atoms with E-state index in [9.17, 15) is 4.79 Å². The zero-order valence-corrected chi connectivity index (χ0v) is 15.5. The van der Waals surface area contributed by atoms with Crippen LogP contribution in [0.15, 0.2) is 60.7 Å². The number of hydrogen-bond donors (Lipinski definition) is 2. The van der Waals surface area contributed by atoms with Gasteiger partial charge in [-0.3, -0.25) is 4.79 Å². The summed E-state index contributed by atoms with van der Waals surface area (Å²) in [5.41, 5.74) is 1.66. The molecule has 0 aliphatic heterocycles. The summed E-state index contributed by atoms with van der Waals surface area (Å²) >= 11 is 5.90. The second-order valence-corrected chi connectivity index (χ2v) is 6.23. The molecule has 2 N–H and O–H groups in total. The Kier molecular flexibility index (Phi) is 6.22. The Balaban J connectivity index is 1.50. The Bertz CT molecular complexity index is 899. The minimum absolute atomic E-state index is 0.285. The Morgan fingerprint density at radius 1 is 1.04 bits per heavy atom. The third-order valence-corrected chi connectivity index (χ3v) is 4.11. The van der Waals surface area contributed by atoms with Crippen molar-refractivity contribution in [3.05, 3.63) is 76.8 Å².